The molecule has 0 saturated heterocycles. The smallest absolute Gasteiger partial charge is 0.273 e. The lowest BCUT2D eigenvalue weighted by atomic mass is 10.3. The Morgan fingerprint density at radius 2 is 0.455 bits per heavy atom. The second-order valence-electron chi connectivity index (χ2n) is 17.2. The van der Waals surface area contributed by atoms with Gasteiger partial charge < -0.3 is 4.12 Å². The molecule has 1 nitrogen and oxygen atoms in total. The van der Waals surface area contributed by atoms with Gasteiger partial charge in [0, 0.05) is 0 Å². The largest absolute Gasteiger partial charge is 0.442 e. The van der Waals surface area contributed by atoms with Gasteiger partial charge in [0.15, 0.2) is 0 Å². The predicted molar refractivity (Wildman–Crippen MR) is 264 cm³/mol. The Hall–Kier alpha value is -1.01. The maximum absolute atomic E-state index is 8.44. The lowest BCUT2D eigenvalue weighted by Gasteiger charge is -2.36. The van der Waals surface area contributed by atoms with Gasteiger partial charge in [-0.2, -0.15) is 0 Å². The Balaban J connectivity index is 2.19. The van der Waals surface area contributed by atoms with Gasteiger partial charge in [0.25, 0.3) is 18.1 Å². The van der Waals surface area contributed by atoms with Crippen molar-refractivity contribution in [3.8, 4) is 0 Å². The van der Waals surface area contributed by atoms with Crippen LogP contribution in [-0.4, -0.2) is 63.4 Å². The zero-order valence-electron chi connectivity index (χ0n) is 37.1. The molecule has 0 bridgehead atoms. The molecule has 0 aliphatic carbocycles. The van der Waals surface area contributed by atoms with Crippen molar-refractivity contribution in [2.75, 3.05) is 0 Å². The second-order valence-corrected chi connectivity index (χ2v) is 34.9. The third kappa shape index (κ3) is 11.2. The van der Waals surface area contributed by atoms with Crippen molar-refractivity contribution in [3.63, 3.8) is 0 Å². The molecule has 4 aromatic carbocycles. The molecule has 0 aliphatic rings. The lowest BCUT2D eigenvalue weighted by Crippen LogP contribution is -2.64. The van der Waals surface area contributed by atoms with Gasteiger partial charge in [0.1, 0.15) is 0 Å². The molecule has 0 heterocycles. The molecule has 2 radical (unpaired) electrons. The lowest BCUT2D eigenvalue weighted by molar-refractivity contribution is 0.634. The first-order valence-corrected chi connectivity index (χ1v) is 29.7. The van der Waals surface area contributed by atoms with Crippen LogP contribution < -0.4 is 42.0 Å². The van der Waals surface area contributed by atoms with E-state index in [0.29, 0.717) is 45.3 Å². The standard InChI is InChI=1S/C48H72OP4Si2/c1-33(2)50(34(3)4)41-25-17-21-29-45(41)54(46-30-22-18-26-42(46)51(35(5)6)36(7)8)49-55(47-31-23-19-27-43(47)52(37(9)10)38(11)12)48-32-24-20-28-44(48)53(39(13)14)40(15)16/h17-40H,1-16H3. The third-order valence-electron chi connectivity index (χ3n) is 10.4. The first-order valence-electron chi connectivity index (χ1n) is 20.9. The first-order chi connectivity index (χ1) is 26.0. The van der Waals surface area contributed by atoms with Gasteiger partial charge in [-0.25, -0.2) is 0 Å². The normalized spacial score (nSPS) is 12.9. The number of benzene rings is 4. The summed E-state index contributed by atoms with van der Waals surface area (Å²) in [5.41, 5.74) is 4.71. The molecule has 298 valence electrons. The molecular formula is C48H72OP4Si2. The molecular weight excluding hydrogens is 773 g/mol. The van der Waals surface area contributed by atoms with E-state index in [0.717, 1.165) is 0 Å². The molecule has 4 rings (SSSR count). The van der Waals surface area contributed by atoms with Crippen molar-refractivity contribution < 1.29 is 4.12 Å². The highest BCUT2D eigenvalue weighted by molar-refractivity contribution is 7.69. The summed E-state index contributed by atoms with van der Waals surface area (Å²) in [6, 6.07) is 38.3. The summed E-state index contributed by atoms with van der Waals surface area (Å²) < 4.78 is 8.44. The molecule has 0 N–H and O–H groups in total. The highest BCUT2D eigenvalue weighted by Gasteiger charge is 2.39. The van der Waals surface area contributed by atoms with Gasteiger partial charge in [0.2, 0.25) is 0 Å². The van der Waals surface area contributed by atoms with Crippen molar-refractivity contribution in [3.05, 3.63) is 97.1 Å². The van der Waals surface area contributed by atoms with E-state index in [1.165, 1.54) is 20.7 Å². The highest BCUT2D eigenvalue weighted by Crippen LogP contribution is 2.47. The molecule has 0 saturated carbocycles. The third-order valence-corrected chi connectivity index (χ3v) is 29.2. The number of rotatable bonds is 18. The van der Waals surface area contributed by atoms with E-state index >= 15 is 0 Å². The van der Waals surface area contributed by atoms with E-state index in [2.05, 4.69) is 208 Å². The topological polar surface area (TPSA) is 9.23 Å². The van der Waals surface area contributed by atoms with Gasteiger partial charge in [-0.3, -0.25) is 0 Å². The quantitative estimate of drug-likeness (QED) is 0.0716. The summed E-state index contributed by atoms with van der Waals surface area (Å²) in [5, 5.41) is 12.2. The van der Waals surface area contributed by atoms with Crippen molar-refractivity contribution in [2.24, 2.45) is 0 Å². The number of hydrogen-bond donors (Lipinski definition) is 0. The molecule has 0 amide bonds. The van der Waals surface area contributed by atoms with E-state index < -0.39 is 49.8 Å². The van der Waals surface area contributed by atoms with Crippen LogP contribution in [0.2, 0.25) is 0 Å². The average Bonchev–Trinajstić information content (AvgIpc) is 3.09. The second kappa shape index (κ2) is 21.3. The highest BCUT2D eigenvalue weighted by atomic mass is 31.1. The summed E-state index contributed by atoms with van der Waals surface area (Å²) in [6.07, 6.45) is 0. The molecule has 55 heavy (non-hydrogen) atoms. The van der Waals surface area contributed by atoms with Crippen molar-refractivity contribution in [1.82, 2.24) is 0 Å². The average molecular weight is 845 g/mol. The van der Waals surface area contributed by atoms with Crippen LogP contribution in [0, 0.1) is 0 Å². The summed E-state index contributed by atoms with van der Waals surface area (Å²) in [6.45, 7) is 39.2. The molecule has 7 heteroatoms. The van der Waals surface area contributed by atoms with E-state index in [-0.39, 0.29) is 0 Å². The van der Waals surface area contributed by atoms with Crippen molar-refractivity contribution in [2.45, 2.75) is 156 Å². The first kappa shape index (κ1) is 46.7. The number of hydrogen-bond acceptors (Lipinski definition) is 1. The Kier molecular flexibility index (Phi) is 18.1. The van der Waals surface area contributed by atoms with E-state index in [1.807, 2.05) is 0 Å². The maximum Gasteiger partial charge on any atom is 0.273 e. The van der Waals surface area contributed by atoms with Gasteiger partial charge >= 0.3 is 0 Å². The van der Waals surface area contributed by atoms with Crippen LogP contribution >= 0.6 is 31.7 Å². The zero-order chi connectivity index (χ0) is 40.7. The van der Waals surface area contributed by atoms with Crippen LogP contribution in [0.25, 0.3) is 0 Å². The molecule has 0 unspecified atom stereocenters. The fourth-order valence-electron chi connectivity index (χ4n) is 8.79. The molecule has 0 spiro atoms. The summed E-state index contributed by atoms with van der Waals surface area (Å²) >= 11 is 0. The molecule has 0 atom stereocenters. The van der Waals surface area contributed by atoms with Crippen LogP contribution in [0.5, 0.6) is 0 Å². The summed E-state index contributed by atoms with van der Waals surface area (Å²) in [4.78, 5) is 0. The van der Waals surface area contributed by atoms with Crippen LogP contribution in [0.15, 0.2) is 97.1 Å². The summed E-state index contributed by atoms with van der Waals surface area (Å²) in [7, 11) is -5.09. The van der Waals surface area contributed by atoms with Gasteiger partial charge in [-0.1, -0.05) is 240 Å². The Labute approximate surface area is 347 Å². The predicted octanol–water partition coefficient (Wildman–Crippen LogP) is 10.3. The van der Waals surface area contributed by atoms with Gasteiger partial charge in [-0.05, 0) is 87.2 Å². The maximum atomic E-state index is 8.44. The fourth-order valence-corrected chi connectivity index (χ4v) is 28.6. The van der Waals surface area contributed by atoms with Gasteiger partial charge in [0.05, 0.1) is 0 Å². The molecule has 0 aliphatic heterocycles. The fraction of sp³-hybridized carbons (Fsp3) is 0.500. The minimum Gasteiger partial charge on any atom is -0.442 e. The molecule has 0 aromatic heterocycles. The van der Waals surface area contributed by atoms with Crippen LogP contribution in [-0.2, 0) is 4.12 Å². The Morgan fingerprint density at radius 1 is 0.291 bits per heavy atom. The van der Waals surface area contributed by atoms with E-state index in [4.69, 9.17) is 4.12 Å². The molecule has 0 fully saturated rings. The van der Waals surface area contributed by atoms with Crippen LogP contribution in [0.1, 0.15) is 111 Å². The van der Waals surface area contributed by atoms with E-state index in [9.17, 15) is 0 Å². The van der Waals surface area contributed by atoms with Gasteiger partial charge in [-0.15, -0.1) is 0 Å². The van der Waals surface area contributed by atoms with Crippen LogP contribution in [0.3, 0.4) is 0 Å². The minimum absolute atomic E-state index is 0.400. The minimum atomic E-state index is -1.74. The summed E-state index contributed by atoms with van der Waals surface area (Å²) in [5.74, 6) is 0. The molecule has 4 aromatic rings. The Bertz CT molecular complexity index is 1500. The van der Waals surface area contributed by atoms with Crippen molar-refractivity contribution >= 4 is 91.7 Å². The monoisotopic (exact) mass is 844 g/mol. The van der Waals surface area contributed by atoms with E-state index in [1.54, 1.807) is 21.2 Å². The SMILES string of the molecule is CC(C)P(c1ccccc1[Si](O[Si](c1ccccc1P(C(C)C)C(C)C)c1ccccc1P(C(C)C)C(C)C)c1ccccc1P(C(C)C)C(C)C)C(C)C. The zero-order valence-corrected chi connectivity index (χ0v) is 42.6. The Morgan fingerprint density at radius 3 is 0.618 bits per heavy atom. The van der Waals surface area contributed by atoms with Crippen molar-refractivity contribution in [1.29, 1.82) is 0 Å². The van der Waals surface area contributed by atoms with Crippen LogP contribution in [0.4, 0.5) is 0 Å².